The van der Waals surface area contributed by atoms with E-state index in [1.54, 1.807) is 13.8 Å². The van der Waals surface area contributed by atoms with Crippen molar-refractivity contribution in [2.24, 2.45) is 51.2 Å². The maximum atomic E-state index is 12.7. The van der Waals surface area contributed by atoms with E-state index in [1.807, 2.05) is 18.7 Å². The number of allylic oxidation sites excluding steroid dienone is 1. The molecule has 2 spiro atoms. The van der Waals surface area contributed by atoms with Gasteiger partial charge < -0.3 is 29.7 Å². The summed E-state index contributed by atoms with van der Waals surface area (Å²) in [4.78, 5) is 14.6. The molecule has 0 radical (unpaired) electrons. The molecular formula is C38H63NO6. The van der Waals surface area contributed by atoms with Crippen LogP contribution in [0.3, 0.4) is 0 Å². The summed E-state index contributed by atoms with van der Waals surface area (Å²) in [6.45, 7) is 21.0. The predicted octanol–water partition coefficient (Wildman–Crippen LogP) is 6.09. The second kappa shape index (κ2) is 11.3. The second-order valence-electron chi connectivity index (χ2n) is 17.9. The number of carbonyl (C=O) groups is 1. The summed E-state index contributed by atoms with van der Waals surface area (Å²) in [7, 11) is 0. The molecule has 7 nitrogen and oxygen atoms in total. The summed E-state index contributed by atoms with van der Waals surface area (Å²) in [5.74, 6) is 2.58. The van der Waals surface area contributed by atoms with Crippen LogP contribution < -0.4 is 0 Å². The molecular weight excluding hydrogens is 566 g/mol. The molecule has 0 aromatic carbocycles. The van der Waals surface area contributed by atoms with Gasteiger partial charge in [-0.15, -0.1) is 0 Å². The summed E-state index contributed by atoms with van der Waals surface area (Å²) < 4.78 is 12.9. The smallest absolute Gasteiger partial charge is 0.225 e. The summed E-state index contributed by atoms with van der Waals surface area (Å²) in [5.41, 5.74) is 2.06. The van der Waals surface area contributed by atoms with E-state index in [2.05, 4.69) is 34.6 Å². The van der Waals surface area contributed by atoms with E-state index in [1.165, 1.54) is 36.8 Å². The maximum Gasteiger partial charge on any atom is 0.225 e. The van der Waals surface area contributed by atoms with E-state index >= 15 is 0 Å². The fourth-order valence-electron chi connectivity index (χ4n) is 12.8. The Labute approximate surface area is 272 Å². The number of ether oxygens (including phenoxy) is 2. The van der Waals surface area contributed by atoms with E-state index in [4.69, 9.17) is 9.47 Å². The topological polar surface area (TPSA) is 99.5 Å². The molecule has 0 bridgehead atoms. The van der Waals surface area contributed by atoms with Gasteiger partial charge in [0.25, 0.3) is 0 Å². The van der Waals surface area contributed by atoms with Gasteiger partial charge in [0, 0.05) is 12.5 Å². The third kappa shape index (κ3) is 4.94. The van der Waals surface area contributed by atoms with Gasteiger partial charge in [0.2, 0.25) is 5.91 Å². The minimum absolute atomic E-state index is 0.00286. The Morgan fingerprint density at radius 1 is 1.09 bits per heavy atom. The van der Waals surface area contributed by atoms with Crippen molar-refractivity contribution in [3.8, 4) is 0 Å². The lowest BCUT2D eigenvalue weighted by molar-refractivity contribution is -0.244. The lowest BCUT2D eigenvalue weighted by Gasteiger charge is -2.59. The highest BCUT2D eigenvalue weighted by Gasteiger charge is 2.84. The highest BCUT2D eigenvalue weighted by Crippen LogP contribution is 2.89. The van der Waals surface area contributed by atoms with Crippen molar-refractivity contribution < 1.29 is 29.6 Å². The van der Waals surface area contributed by atoms with Gasteiger partial charge in [-0.2, -0.15) is 0 Å². The molecule has 1 aliphatic heterocycles. The summed E-state index contributed by atoms with van der Waals surface area (Å²) in [6.07, 6.45) is 7.70. The van der Waals surface area contributed by atoms with Gasteiger partial charge in [-0.1, -0.05) is 47.1 Å². The molecule has 45 heavy (non-hydrogen) atoms. The van der Waals surface area contributed by atoms with Crippen LogP contribution >= 0.6 is 0 Å². The summed E-state index contributed by atoms with van der Waals surface area (Å²) >= 11 is 0. The standard InChI is InChI=1S/C38H63NO6/c1-22(2)33(42)39-18-19-44-31(21-39)45-30-14-15-38-24(4)37(38)17-16-36(9)26(25(37)11-12-28(38)34(30,5)6)20-27(40)32(36)23(3)10-13-29(41)35(7,8)43/h22,24-31,40-41,43H,10-21H2,1-9H3/b32-23+/t24-,25-,26?,27+,28?,29-,30-,31?,36-,37-,38?/m0/s1. The minimum atomic E-state index is -1.12. The fourth-order valence-corrected chi connectivity index (χ4v) is 12.8. The van der Waals surface area contributed by atoms with Crippen LogP contribution in [0.15, 0.2) is 11.1 Å². The third-order valence-electron chi connectivity index (χ3n) is 14.9. The number of hydrogen-bond donors (Lipinski definition) is 3. The van der Waals surface area contributed by atoms with Crippen LogP contribution in [0, 0.1) is 51.2 Å². The van der Waals surface area contributed by atoms with Gasteiger partial charge in [-0.05, 0) is 129 Å². The van der Waals surface area contributed by atoms with Crippen LogP contribution in [0.5, 0.6) is 0 Å². The number of carbonyl (C=O) groups excluding carboxylic acids is 1. The Hall–Kier alpha value is -0.990. The van der Waals surface area contributed by atoms with Gasteiger partial charge in [-0.3, -0.25) is 4.79 Å². The number of aliphatic hydroxyl groups excluding tert-OH is 2. The Morgan fingerprint density at radius 3 is 2.47 bits per heavy atom. The summed E-state index contributed by atoms with van der Waals surface area (Å²) in [5, 5.41) is 32.4. The number of amides is 1. The molecule has 1 amide bonds. The average Bonchev–Trinajstić information content (AvgIpc) is 3.36. The van der Waals surface area contributed by atoms with Crippen LogP contribution in [0.4, 0.5) is 0 Å². The molecule has 0 aromatic rings. The van der Waals surface area contributed by atoms with Crippen molar-refractivity contribution in [2.75, 3.05) is 19.7 Å². The number of aliphatic hydroxyl groups is 3. The maximum absolute atomic E-state index is 12.7. The molecule has 6 fully saturated rings. The molecule has 1 saturated heterocycles. The highest BCUT2D eigenvalue weighted by atomic mass is 16.7. The first-order chi connectivity index (χ1) is 20.9. The van der Waals surface area contributed by atoms with Crippen molar-refractivity contribution >= 4 is 5.91 Å². The summed E-state index contributed by atoms with van der Waals surface area (Å²) in [6, 6.07) is 0. The van der Waals surface area contributed by atoms with Crippen LogP contribution in [-0.4, -0.2) is 76.0 Å². The van der Waals surface area contributed by atoms with Gasteiger partial charge in [0.15, 0.2) is 6.29 Å². The molecule has 11 atom stereocenters. The average molecular weight is 630 g/mol. The Morgan fingerprint density at radius 2 is 1.80 bits per heavy atom. The first-order valence-corrected chi connectivity index (χ1v) is 18.3. The van der Waals surface area contributed by atoms with Crippen LogP contribution in [0.1, 0.15) is 120 Å². The zero-order valence-electron chi connectivity index (χ0n) is 29.7. The molecule has 256 valence electrons. The van der Waals surface area contributed by atoms with Gasteiger partial charge in [-0.25, -0.2) is 0 Å². The second-order valence-corrected chi connectivity index (χ2v) is 17.9. The number of hydrogen-bond acceptors (Lipinski definition) is 6. The van der Waals surface area contributed by atoms with Crippen LogP contribution in [0.2, 0.25) is 0 Å². The highest BCUT2D eigenvalue weighted by molar-refractivity contribution is 5.78. The van der Waals surface area contributed by atoms with E-state index in [-0.39, 0.29) is 35.0 Å². The van der Waals surface area contributed by atoms with E-state index in [0.29, 0.717) is 67.0 Å². The Bertz CT molecular complexity index is 1190. The molecule has 0 aromatic heterocycles. The number of morpholine rings is 1. The molecule has 6 aliphatic rings. The van der Waals surface area contributed by atoms with Gasteiger partial charge >= 0.3 is 0 Å². The number of fused-ring (bicyclic) bond motifs is 2. The van der Waals surface area contributed by atoms with E-state index in [9.17, 15) is 20.1 Å². The fraction of sp³-hybridized carbons (Fsp3) is 0.921. The largest absolute Gasteiger partial charge is 0.390 e. The van der Waals surface area contributed by atoms with Crippen molar-refractivity contribution in [1.82, 2.24) is 4.90 Å². The first kappa shape index (κ1) is 33.9. The third-order valence-corrected chi connectivity index (χ3v) is 14.9. The number of nitrogens with zero attached hydrogens (tertiary/aromatic N) is 1. The lowest BCUT2D eigenvalue weighted by Crippen LogP contribution is -2.56. The van der Waals surface area contributed by atoms with Gasteiger partial charge in [0.05, 0.1) is 37.1 Å². The minimum Gasteiger partial charge on any atom is -0.390 e. The Kier molecular flexibility index (Phi) is 8.50. The molecule has 7 heteroatoms. The van der Waals surface area contributed by atoms with Crippen molar-refractivity contribution in [3.63, 3.8) is 0 Å². The SMILES string of the molecule is C/C(CC[C@H](O)C(C)(C)O)=C1/[C@H](O)CC2[C@@H]3CCC4C(C)(C)[C@@H](OC5CN(C(=O)C(C)C)CCO5)CCC45[C@@H](C)[C@@]35CC[C@]12C. The van der Waals surface area contributed by atoms with Gasteiger partial charge in [0.1, 0.15) is 0 Å². The van der Waals surface area contributed by atoms with Crippen molar-refractivity contribution in [1.29, 1.82) is 0 Å². The lowest BCUT2D eigenvalue weighted by atomic mass is 9.46. The van der Waals surface area contributed by atoms with E-state index < -0.39 is 17.8 Å². The van der Waals surface area contributed by atoms with Crippen molar-refractivity contribution in [2.45, 2.75) is 150 Å². The van der Waals surface area contributed by atoms with Crippen molar-refractivity contribution in [3.05, 3.63) is 11.1 Å². The molecule has 1 heterocycles. The van der Waals surface area contributed by atoms with Crippen LogP contribution in [0.25, 0.3) is 0 Å². The van der Waals surface area contributed by atoms with Crippen LogP contribution in [-0.2, 0) is 14.3 Å². The first-order valence-electron chi connectivity index (χ1n) is 18.3. The normalized spacial score (nSPS) is 45.7. The molecule has 5 saturated carbocycles. The monoisotopic (exact) mass is 629 g/mol. The zero-order chi connectivity index (χ0) is 32.9. The predicted molar refractivity (Wildman–Crippen MR) is 175 cm³/mol. The van der Waals surface area contributed by atoms with E-state index in [0.717, 1.165) is 19.3 Å². The quantitative estimate of drug-likeness (QED) is 0.295. The molecule has 6 rings (SSSR count). The Balaban J connectivity index is 1.19. The molecule has 5 aliphatic carbocycles. The molecule has 3 N–H and O–H groups in total. The molecule has 4 unspecified atom stereocenters. The zero-order valence-corrected chi connectivity index (χ0v) is 29.7. The number of rotatable bonds is 7.